The van der Waals surface area contributed by atoms with Gasteiger partial charge in [0.15, 0.2) is 0 Å². The van der Waals surface area contributed by atoms with E-state index in [2.05, 4.69) is 29.8 Å². The molecule has 3 heteroatoms. The fourth-order valence-electron chi connectivity index (χ4n) is 3.50. The van der Waals surface area contributed by atoms with Crippen LogP contribution in [0.4, 0.5) is 4.39 Å². The number of benzene rings is 1. The van der Waals surface area contributed by atoms with E-state index in [4.69, 9.17) is 5.73 Å². The van der Waals surface area contributed by atoms with Crippen molar-refractivity contribution in [1.82, 2.24) is 0 Å². The maximum Gasteiger partial charge on any atom is 0.124 e. The van der Waals surface area contributed by atoms with Crippen LogP contribution in [0.15, 0.2) is 22.7 Å². The molecule has 2 N–H and O–H groups in total. The highest BCUT2D eigenvalue weighted by atomic mass is 79.9. The summed E-state index contributed by atoms with van der Waals surface area (Å²) in [6.45, 7) is 5.41. The summed E-state index contributed by atoms with van der Waals surface area (Å²) in [5.74, 6) is 2.61. The molecule has 1 aliphatic carbocycles. The molecule has 1 saturated carbocycles. The van der Waals surface area contributed by atoms with E-state index < -0.39 is 0 Å². The quantitative estimate of drug-likeness (QED) is 0.837. The normalized spacial score (nSPS) is 27.0. The zero-order chi connectivity index (χ0) is 14.7. The highest BCUT2D eigenvalue weighted by Crippen LogP contribution is 2.39. The van der Waals surface area contributed by atoms with E-state index in [-0.39, 0.29) is 5.82 Å². The number of hydrogen-bond donors (Lipinski definition) is 1. The molecule has 0 aromatic heterocycles. The van der Waals surface area contributed by atoms with Crippen LogP contribution in [-0.4, -0.2) is 6.54 Å². The van der Waals surface area contributed by atoms with Crippen molar-refractivity contribution >= 4 is 15.9 Å². The molecule has 3 atom stereocenters. The lowest BCUT2D eigenvalue weighted by Gasteiger charge is -2.37. The first kappa shape index (κ1) is 16.0. The third-order valence-corrected chi connectivity index (χ3v) is 5.66. The summed E-state index contributed by atoms with van der Waals surface area (Å²) in [5.41, 5.74) is 7.17. The predicted octanol–water partition coefficient (Wildman–Crippen LogP) is 4.78. The standard InChI is InChI=1S/C17H25BrFN/c1-11(2)12-3-4-14(10-20)15(7-12)8-13-5-6-16(19)9-17(13)18/h5-6,9,11-12,14-15H,3-4,7-8,10,20H2,1-2H3. The summed E-state index contributed by atoms with van der Waals surface area (Å²) in [4.78, 5) is 0. The highest BCUT2D eigenvalue weighted by Gasteiger charge is 2.31. The summed E-state index contributed by atoms with van der Waals surface area (Å²) < 4.78 is 14.1. The Morgan fingerprint density at radius 2 is 2.05 bits per heavy atom. The second-order valence-corrected chi connectivity index (χ2v) is 7.37. The molecule has 1 fully saturated rings. The average Bonchev–Trinajstić information content (AvgIpc) is 2.41. The Bertz CT molecular complexity index is 447. The van der Waals surface area contributed by atoms with E-state index in [1.54, 1.807) is 12.1 Å². The number of rotatable bonds is 4. The van der Waals surface area contributed by atoms with Crippen LogP contribution >= 0.6 is 15.9 Å². The van der Waals surface area contributed by atoms with Gasteiger partial charge >= 0.3 is 0 Å². The van der Waals surface area contributed by atoms with Crippen LogP contribution in [0.25, 0.3) is 0 Å². The van der Waals surface area contributed by atoms with Crippen LogP contribution in [0, 0.1) is 29.5 Å². The number of nitrogens with two attached hydrogens (primary N) is 1. The van der Waals surface area contributed by atoms with Crippen LogP contribution in [0.2, 0.25) is 0 Å². The maximum absolute atomic E-state index is 13.2. The van der Waals surface area contributed by atoms with Crippen LogP contribution in [0.3, 0.4) is 0 Å². The smallest absolute Gasteiger partial charge is 0.124 e. The molecule has 1 aromatic carbocycles. The van der Waals surface area contributed by atoms with Gasteiger partial charge in [0, 0.05) is 4.47 Å². The Morgan fingerprint density at radius 3 is 2.65 bits per heavy atom. The molecule has 1 aliphatic rings. The van der Waals surface area contributed by atoms with E-state index in [0.29, 0.717) is 11.8 Å². The van der Waals surface area contributed by atoms with Crippen molar-refractivity contribution in [3.63, 3.8) is 0 Å². The summed E-state index contributed by atoms with van der Waals surface area (Å²) >= 11 is 3.49. The molecule has 0 heterocycles. The van der Waals surface area contributed by atoms with Crippen molar-refractivity contribution in [3.05, 3.63) is 34.1 Å². The molecular weight excluding hydrogens is 317 g/mol. The summed E-state index contributed by atoms with van der Waals surface area (Å²) in [7, 11) is 0. The van der Waals surface area contributed by atoms with Gasteiger partial charge in [0.2, 0.25) is 0 Å². The lowest BCUT2D eigenvalue weighted by atomic mass is 9.69. The van der Waals surface area contributed by atoms with Crippen LogP contribution in [0.1, 0.15) is 38.7 Å². The van der Waals surface area contributed by atoms with Gasteiger partial charge in [-0.05, 0) is 73.6 Å². The van der Waals surface area contributed by atoms with Gasteiger partial charge in [-0.2, -0.15) is 0 Å². The minimum Gasteiger partial charge on any atom is -0.330 e. The van der Waals surface area contributed by atoms with Gasteiger partial charge in [-0.3, -0.25) is 0 Å². The first-order valence-corrected chi connectivity index (χ1v) is 8.44. The fraction of sp³-hybridized carbons (Fsp3) is 0.647. The van der Waals surface area contributed by atoms with Crippen molar-refractivity contribution in [1.29, 1.82) is 0 Å². The molecule has 1 aromatic rings. The Hall–Kier alpha value is -0.410. The fourth-order valence-corrected chi connectivity index (χ4v) is 4.01. The van der Waals surface area contributed by atoms with Crippen molar-refractivity contribution in [2.75, 3.05) is 6.54 Å². The Morgan fingerprint density at radius 1 is 1.30 bits per heavy atom. The van der Waals surface area contributed by atoms with E-state index in [1.807, 2.05) is 6.07 Å². The third-order valence-electron chi connectivity index (χ3n) is 4.92. The molecule has 0 bridgehead atoms. The van der Waals surface area contributed by atoms with Crippen LogP contribution in [-0.2, 0) is 6.42 Å². The summed E-state index contributed by atoms with van der Waals surface area (Å²) in [6.07, 6.45) is 4.80. The van der Waals surface area contributed by atoms with Crippen molar-refractivity contribution in [3.8, 4) is 0 Å². The number of hydrogen-bond acceptors (Lipinski definition) is 1. The van der Waals surface area contributed by atoms with Crippen molar-refractivity contribution in [2.24, 2.45) is 29.4 Å². The van der Waals surface area contributed by atoms with Crippen molar-refractivity contribution in [2.45, 2.75) is 39.5 Å². The monoisotopic (exact) mass is 341 g/mol. The molecule has 0 saturated heterocycles. The predicted molar refractivity (Wildman–Crippen MR) is 86.0 cm³/mol. The zero-order valence-electron chi connectivity index (χ0n) is 12.4. The average molecular weight is 342 g/mol. The molecule has 0 aliphatic heterocycles. The molecule has 0 radical (unpaired) electrons. The van der Waals surface area contributed by atoms with Gasteiger partial charge in [0.1, 0.15) is 5.82 Å². The zero-order valence-corrected chi connectivity index (χ0v) is 14.0. The largest absolute Gasteiger partial charge is 0.330 e. The molecular formula is C17H25BrFN. The van der Waals surface area contributed by atoms with Gasteiger partial charge in [-0.25, -0.2) is 4.39 Å². The Kier molecular flexibility index (Phi) is 5.62. The molecule has 20 heavy (non-hydrogen) atoms. The Balaban J connectivity index is 2.11. The van der Waals surface area contributed by atoms with E-state index in [0.717, 1.165) is 29.3 Å². The first-order valence-electron chi connectivity index (χ1n) is 7.65. The summed E-state index contributed by atoms with van der Waals surface area (Å²) in [6, 6.07) is 5.03. The van der Waals surface area contributed by atoms with Crippen LogP contribution < -0.4 is 5.73 Å². The first-order chi connectivity index (χ1) is 9.51. The molecule has 3 unspecified atom stereocenters. The van der Waals surface area contributed by atoms with Crippen molar-refractivity contribution < 1.29 is 4.39 Å². The lowest BCUT2D eigenvalue weighted by Crippen LogP contribution is -2.33. The maximum atomic E-state index is 13.2. The van der Waals surface area contributed by atoms with E-state index in [1.165, 1.54) is 24.8 Å². The van der Waals surface area contributed by atoms with Gasteiger partial charge in [-0.1, -0.05) is 35.8 Å². The second kappa shape index (κ2) is 7.04. The second-order valence-electron chi connectivity index (χ2n) is 6.51. The molecule has 0 amide bonds. The third kappa shape index (κ3) is 3.82. The van der Waals surface area contributed by atoms with Gasteiger partial charge in [0.05, 0.1) is 0 Å². The molecule has 2 rings (SSSR count). The van der Waals surface area contributed by atoms with E-state index >= 15 is 0 Å². The molecule has 1 nitrogen and oxygen atoms in total. The topological polar surface area (TPSA) is 26.0 Å². The SMILES string of the molecule is CC(C)C1CCC(CN)C(Cc2ccc(F)cc2Br)C1. The minimum absolute atomic E-state index is 0.181. The lowest BCUT2D eigenvalue weighted by molar-refractivity contribution is 0.151. The highest BCUT2D eigenvalue weighted by molar-refractivity contribution is 9.10. The van der Waals surface area contributed by atoms with Gasteiger partial charge < -0.3 is 5.73 Å². The molecule has 112 valence electrons. The Labute approximate surface area is 130 Å². The van der Waals surface area contributed by atoms with E-state index in [9.17, 15) is 4.39 Å². The van der Waals surface area contributed by atoms with Crippen LogP contribution in [0.5, 0.6) is 0 Å². The van der Waals surface area contributed by atoms with Gasteiger partial charge in [0.25, 0.3) is 0 Å². The van der Waals surface area contributed by atoms with Gasteiger partial charge in [-0.15, -0.1) is 0 Å². The minimum atomic E-state index is -0.181. The molecule has 0 spiro atoms. The number of halogens is 2. The summed E-state index contributed by atoms with van der Waals surface area (Å²) in [5, 5.41) is 0.